The van der Waals surface area contributed by atoms with E-state index < -0.39 is 18.3 Å². The lowest BCUT2D eigenvalue weighted by Gasteiger charge is -2.48. The summed E-state index contributed by atoms with van der Waals surface area (Å²) in [7, 11) is 0. The first-order chi connectivity index (χ1) is 15.8. The maximum absolute atomic E-state index is 12.8. The highest BCUT2D eigenvalue weighted by Crippen LogP contribution is 2.38. The number of aromatic nitrogens is 4. The van der Waals surface area contributed by atoms with Crippen molar-refractivity contribution in [2.75, 3.05) is 24.6 Å². The van der Waals surface area contributed by atoms with Gasteiger partial charge >= 0.3 is 6.61 Å². The number of alkyl halides is 2. The average molecular weight is 459 g/mol. The van der Waals surface area contributed by atoms with Crippen molar-refractivity contribution in [3.8, 4) is 11.3 Å². The molecule has 0 aliphatic carbocycles. The molecule has 1 spiro atoms. The smallest absolute Gasteiger partial charge is 0.345 e. The van der Waals surface area contributed by atoms with Crippen LogP contribution in [0.2, 0.25) is 0 Å². The molecule has 5 heterocycles. The fourth-order valence-corrected chi connectivity index (χ4v) is 4.37. The van der Waals surface area contributed by atoms with Gasteiger partial charge in [0.1, 0.15) is 17.1 Å². The molecule has 5 rings (SSSR count). The van der Waals surface area contributed by atoms with Crippen molar-refractivity contribution in [1.82, 2.24) is 19.9 Å². The second kappa shape index (κ2) is 8.31. The molecule has 0 N–H and O–H groups in total. The summed E-state index contributed by atoms with van der Waals surface area (Å²) in [6.45, 7) is 2.23. The van der Waals surface area contributed by atoms with E-state index in [4.69, 9.17) is 9.26 Å². The molecule has 2 fully saturated rings. The van der Waals surface area contributed by atoms with Crippen molar-refractivity contribution in [3.05, 3.63) is 58.0 Å². The van der Waals surface area contributed by atoms with Gasteiger partial charge in [-0.2, -0.15) is 13.9 Å². The molecule has 1 atom stereocenters. The van der Waals surface area contributed by atoms with Gasteiger partial charge in [0.25, 0.3) is 5.56 Å². The fourth-order valence-electron chi connectivity index (χ4n) is 4.37. The highest BCUT2D eigenvalue weighted by atomic mass is 19.3. The molecule has 0 bridgehead atoms. The Morgan fingerprint density at radius 3 is 2.79 bits per heavy atom. The molecular formula is C22H23F2N5O4. The first kappa shape index (κ1) is 21.7. The molecule has 3 aromatic heterocycles. The molecule has 33 heavy (non-hydrogen) atoms. The Balaban J connectivity index is 1.28. The summed E-state index contributed by atoms with van der Waals surface area (Å²) >= 11 is 0. The highest BCUT2D eigenvalue weighted by molar-refractivity contribution is 5.62. The van der Waals surface area contributed by atoms with Crippen LogP contribution in [0.4, 0.5) is 14.5 Å². The quantitative estimate of drug-likeness (QED) is 0.555. The Morgan fingerprint density at radius 1 is 1.27 bits per heavy atom. The van der Waals surface area contributed by atoms with Gasteiger partial charge < -0.3 is 18.9 Å². The third-order valence-corrected chi connectivity index (χ3v) is 6.13. The minimum absolute atomic E-state index is 0.148. The van der Waals surface area contributed by atoms with Gasteiger partial charge in [0, 0.05) is 48.6 Å². The van der Waals surface area contributed by atoms with Gasteiger partial charge in [-0.05, 0) is 26.0 Å². The second-order valence-corrected chi connectivity index (χ2v) is 8.54. The zero-order valence-electron chi connectivity index (χ0n) is 18.2. The van der Waals surface area contributed by atoms with Gasteiger partial charge in [-0.1, -0.05) is 5.16 Å². The highest BCUT2D eigenvalue weighted by Gasteiger charge is 2.50. The van der Waals surface area contributed by atoms with Crippen molar-refractivity contribution in [1.29, 1.82) is 0 Å². The van der Waals surface area contributed by atoms with Crippen molar-refractivity contribution in [2.24, 2.45) is 0 Å². The molecule has 0 amide bonds. The molecule has 1 unspecified atom stereocenters. The van der Waals surface area contributed by atoms with Crippen LogP contribution in [-0.4, -0.2) is 57.9 Å². The lowest BCUT2D eigenvalue weighted by atomic mass is 9.90. The van der Waals surface area contributed by atoms with Crippen LogP contribution < -0.4 is 10.5 Å². The largest absolute Gasteiger partial charge is 0.368 e. The van der Waals surface area contributed by atoms with Crippen molar-refractivity contribution in [3.63, 3.8) is 0 Å². The number of ether oxygens (including phenoxy) is 2. The maximum Gasteiger partial charge on any atom is 0.345 e. The van der Waals surface area contributed by atoms with Crippen molar-refractivity contribution in [2.45, 2.75) is 45.1 Å². The van der Waals surface area contributed by atoms with Crippen LogP contribution >= 0.6 is 0 Å². The zero-order chi connectivity index (χ0) is 23.2. The summed E-state index contributed by atoms with van der Waals surface area (Å²) in [5.41, 5.74) is 2.96. The van der Waals surface area contributed by atoms with Crippen molar-refractivity contribution < 1.29 is 22.8 Å². The van der Waals surface area contributed by atoms with Crippen molar-refractivity contribution >= 4 is 5.69 Å². The summed E-state index contributed by atoms with van der Waals surface area (Å²) in [5, 5.41) is 8.46. The SMILES string of the molecule is Cc1ccc(-c2noc(C)c2Cn2ncc(N3CC4(CC(OC(F)F)CO4)C3)cc2=O)cn1. The van der Waals surface area contributed by atoms with E-state index in [9.17, 15) is 13.6 Å². The maximum atomic E-state index is 12.8. The number of nitrogens with zero attached hydrogens (tertiary/aromatic N) is 5. The molecule has 3 aromatic rings. The number of hydrogen-bond donors (Lipinski definition) is 0. The third kappa shape index (κ3) is 4.25. The van der Waals surface area contributed by atoms with Crippen LogP contribution in [0.1, 0.15) is 23.4 Å². The lowest BCUT2D eigenvalue weighted by Crippen LogP contribution is -2.62. The van der Waals surface area contributed by atoms with Gasteiger partial charge in [0.15, 0.2) is 0 Å². The van der Waals surface area contributed by atoms with E-state index in [1.165, 1.54) is 10.7 Å². The zero-order valence-corrected chi connectivity index (χ0v) is 18.2. The van der Waals surface area contributed by atoms with E-state index in [0.717, 1.165) is 16.8 Å². The molecule has 9 nitrogen and oxygen atoms in total. The predicted octanol–water partition coefficient (Wildman–Crippen LogP) is 2.55. The Bertz CT molecular complexity index is 1200. The van der Waals surface area contributed by atoms with Gasteiger partial charge in [-0.25, -0.2) is 4.68 Å². The van der Waals surface area contributed by atoms with E-state index in [1.807, 2.05) is 24.0 Å². The van der Waals surface area contributed by atoms with Gasteiger partial charge in [0.05, 0.1) is 31.1 Å². The van der Waals surface area contributed by atoms with E-state index in [2.05, 4.69) is 20.0 Å². The van der Waals surface area contributed by atoms with Crippen LogP contribution in [0.5, 0.6) is 0 Å². The summed E-state index contributed by atoms with van der Waals surface area (Å²) < 4.78 is 41.9. The van der Waals surface area contributed by atoms with E-state index in [0.29, 0.717) is 36.7 Å². The molecule has 11 heteroatoms. The summed E-state index contributed by atoms with van der Waals surface area (Å²) in [6, 6.07) is 5.31. The number of aryl methyl sites for hydroxylation is 2. The monoisotopic (exact) mass is 459 g/mol. The number of anilines is 1. The lowest BCUT2D eigenvalue weighted by molar-refractivity contribution is -0.161. The molecule has 2 aliphatic rings. The Morgan fingerprint density at radius 2 is 2.09 bits per heavy atom. The second-order valence-electron chi connectivity index (χ2n) is 8.54. The number of hydrogen-bond acceptors (Lipinski definition) is 8. The topological polar surface area (TPSA) is 95.5 Å². The summed E-state index contributed by atoms with van der Waals surface area (Å²) in [5.74, 6) is 0.604. The molecule has 2 saturated heterocycles. The molecule has 174 valence electrons. The van der Waals surface area contributed by atoms with Crippen LogP contribution in [0.3, 0.4) is 0 Å². The fraction of sp³-hybridized carbons (Fsp3) is 0.455. The Hall–Kier alpha value is -3.18. The minimum Gasteiger partial charge on any atom is -0.368 e. The minimum atomic E-state index is -2.81. The molecule has 0 aromatic carbocycles. The third-order valence-electron chi connectivity index (χ3n) is 6.13. The van der Waals surface area contributed by atoms with E-state index in [-0.39, 0.29) is 18.7 Å². The van der Waals surface area contributed by atoms with Gasteiger partial charge in [-0.3, -0.25) is 9.78 Å². The molecule has 2 aliphatic heterocycles. The van der Waals surface area contributed by atoms with Crippen LogP contribution in [0.15, 0.2) is 39.9 Å². The Kier molecular flexibility index (Phi) is 5.45. The van der Waals surface area contributed by atoms with Crippen LogP contribution in [-0.2, 0) is 16.0 Å². The summed E-state index contributed by atoms with van der Waals surface area (Å²) in [6.07, 6.45) is 3.13. The van der Waals surface area contributed by atoms with Gasteiger partial charge in [0.2, 0.25) is 0 Å². The summed E-state index contributed by atoms with van der Waals surface area (Å²) in [4.78, 5) is 19.0. The number of halogens is 2. The normalized spacial score (nSPS) is 19.4. The first-order valence-corrected chi connectivity index (χ1v) is 10.6. The Labute approximate surface area is 187 Å². The number of rotatable bonds is 6. The standard InChI is InChI=1S/C22H23F2N5O4/c1-13-3-4-15(7-25-13)20-18(14(2)33-27-20)9-29-19(30)5-16(8-26-29)28-11-22(12-28)6-17(10-31-22)32-21(23)24/h3-5,7-8,17,21H,6,9-12H2,1-2H3. The van der Waals surface area contributed by atoms with E-state index >= 15 is 0 Å². The predicted molar refractivity (Wildman–Crippen MR) is 113 cm³/mol. The van der Waals surface area contributed by atoms with E-state index in [1.54, 1.807) is 19.3 Å². The molecule has 0 radical (unpaired) electrons. The average Bonchev–Trinajstić information content (AvgIpc) is 3.33. The van der Waals surface area contributed by atoms with Crippen LogP contribution in [0.25, 0.3) is 11.3 Å². The van der Waals surface area contributed by atoms with Crippen LogP contribution in [0, 0.1) is 13.8 Å². The number of pyridine rings is 1. The van der Waals surface area contributed by atoms with Gasteiger partial charge in [-0.15, -0.1) is 0 Å². The first-order valence-electron chi connectivity index (χ1n) is 10.6. The molecule has 0 saturated carbocycles. The molecular weight excluding hydrogens is 436 g/mol.